The summed E-state index contributed by atoms with van der Waals surface area (Å²) < 4.78 is 12.9. The highest BCUT2D eigenvalue weighted by molar-refractivity contribution is 9.10. The number of rotatable bonds is 5. The van der Waals surface area contributed by atoms with Crippen molar-refractivity contribution in [1.29, 1.82) is 0 Å². The van der Waals surface area contributed by atoms with Crippen LogP contribution in [0.25, 0.3) is 10.9 Å². The second-order valence-corrected chi connectivity index (χ2v) is 13.9. The molecule has 1 aromatic carbocycles. The first-order chi connectivity index (χ1) is 22.1. The Balaban J connectivity index is 1.25. The van der Waals surface area contributed by atoms with Gasteiger partial charge in [-0.05, 0) is 86.4 Å². The molecule has 2 aliphatic carbocycles. The van der Waals surface area contributed by atoms with Crippen LogP contribution in [0.3, 0.4) is 0 Å². The molecule has 2 aromatic rings. The molecule has 3 fully saturated rings. The number of ether oxygens (including phenoxy) is 2. The van der Waals surface area contributed by atoms with E-state index in [1.54, 1.807) is 0 Å². The number of halogens is 1. The van der Waals surface area contributed by atoms with E-state index in [4.69, 9.17) is 9.47 Å². The van der Waals surface area contributed by atoms with Gasteiger partial charge in [0.2, 0.25) is 11.8 Å². The molecule has 2 aliphatic heterocycles. The highest BCUT2D eigenvalue weighted by Gasteiger charge is 2.61. The number of carbonyl (C=O) groups excluding carboxylic acids is 3. The summed E-state index contributed by atoms with van der Waals surface area (Å²) in [5, 5.41) is 16.6. The van der Waals surface area contributed by atoms with E-state index < -0.39 is 41.7 Å². The number of fused-ring (bicyclic) bond motifs is 3. The molecular formula is C34H41BrN4O7. The molecule has 0 bridgehead atoms. The molecule has 0 radical (unpaired) electrons. The zero-order chi connectivity index (χ0) is 32.4. The Labute approximate surface area is 276 Å². The number of aryl methyl sites for hydroxylation is 1. The highest BCUT2D eigenvalue weighted by atomic mass is 79.9. The molecule has 1 aromatic heterocycles. The number of alkyl carbamates (subject to hydrolysis) is 1. The van der Waals surface area contributed by atoms with Gasteiger partial charge in [0.15, 0.2) is 0 Å². The topological polar surface area (TPSA) is 147 Å². The van der Waals surface area contributed by atoms with Crippen LogP contribution in [0, 0.1) is 12.8 Å². The third-order valence-corrected chi connectivity index (χ3v) is 10.3. The normalized spacial score (nSPS) is 29.6. The summed E-state index contributed by atoms with van der Waals surface area (Å²) >= 11 is 3.56. The first-order valence-electron chi connectivity index (χ1n) is 16.3. The maximum atomic E-state index is 14.0. The third kappa shape index (κ3) is 7.01. The number of nitrogens with one attached hydrogen (secondary N) is 2. The maximum absolute atomic E-state index is 14.0. The lowest BCUT2D eigenvalue weighted by Crippen LogP contribution is -2.53. The number of allylic oxidation sites excluding steroid dienone is 1. The Morgan fingerprint density at radius 1 is 1.13 bits per heavy atom. The van der Waals surface area contributed by atoms with E-state index in [1.807, 2.05) is 43.3 Å². The summed E-state index contributed by atoms with van der Waals surface area (Å²) in [6.07, 6.45) is 9.81. The summed E-state index contributed by atoms with van der Waals surface area (Å²) in [7, 11) is 0. The second-order valence-electron chi connectivity index (χ2n) is 13.1. The summed E-state index contributed by atoms with van der Waals surface area (Å²) in [5.74, 6) is -1.64. The Morgan fingerprint density at radius 3 is 2.70 bits per heavy atom. The van der Waals surface area contributed by atoms with Gasteiger partial charge in [0.05, 0.1) is 12.1 Å². The largest absolute Gasteiger partial charge is 0.488 e. The minimum atomic E-state index is -1.39. The maximum Gasteiger partial charge on any atom is 0.407 e. The number of benzene rings is 1. The molecule has 6 rings (SSSR count). The Kier molecular flexibility index (Phi) is 9.54. The number of carbonyl (C=O) groups is 4. The highest BCUT2D eigenvalue weighted by Crippen LogP contribution is 2.45. The van der Waals surface area contributed by atoms with Gasteiger partial charge in [-0.15, -0.1) is 0 Å². The monoisotopic (exact) mass is 696 g/mol. The quantitative estimate of drug-likeness (QED) is 0.363. The van der Waals surface area contributed by atoms with Gasteiger partial charge in [0.1, 0.15) is 29.5 Å². The van der Waals surface area contributed by atoms with Gasteiger partial charge in [0.25, 0.3) is 0 Å². The van der Waals surface area contributed by atoms with E-state index in [1.165, 1.54) is 4.90 Å². The molecule has 3 heterocycles. The van der Waals surface area contributed by atoms with Crippen molar-refractivity contribution in [3.05, 3.63) is 46.6 Å². The number of nitrogens with zero attached hydrogens (tertiary/aromatic N) is 2. The van der Waals surface area contributed by atoms with Crippen LogP contribution in [-0.2, 0) is 19.1 Å². The Bertz CT molecular complexity index is 1540. The van der Waals surface area contributed by atoms with Crippen molar-refractivity contribution in [1.82, 2.24) is 20.5 Å². The fourth-order valence-electron chi connectivity index (χ4n) is 7.08. The lowest BCUT2D eigenvalue weighted by Gasteiger charge is -2.27. The van der Waals surface area contributed by atoms with Crippen LogP contribution >= 0.6 is 15.9 Å². The van der Waals surface area contributed by atoms with Gasteiger partial charge in [-0.2, -0.15) is 0 Å². The zero-order valence-electron chi connectivity index (χ0n) is 26.0. The smallest absolute Gasteiger partial charge is 0.407 e. The molecule has 0 unspecified atom stereocenters. The van der Waals surface area contributed by atoms with Crippen molar-refractivity contribution in [2.45, 2.75) is 107 Å². The van der Waals surface area contributed by atoms with Crippen molar-refractivity contribution in [2.24, 2.45) is 5.92 Å². The van der Waals surface area contributed by atoms with E-state index in [0.29, 0.717) is 18.6 Å². The number of hydrogen-bond donors (Lipinski definition) is 3. The number of aliphatic carboxylic acids is 1. The van der Waals surface area contributed by atoms with Gasteiger partial charge in [-0.1, -0.05) is 24.6 Å². The first kappa shape index (κ1) is 32.3. The summed E-state index contributed by atoms with van der Waals surface area (Å²) in [6.45, 7) is 2.01. The van der Waals surface area contributed by atoms with Gasteiger partial charge in [0, 0.05) is 46.4 Å². The van der Waals surface area contributed by atoms with E-state index in [-0.39, 0.29) is 37.3 Å². The van der Waals surface area contributed by atoms with E-state index in [2.05, 4.69) is 31.5 Å². The van der Waals surface area contributed by atoms with E-state index in [9.17, 15) is 24.3 Å². The number of aromatic nitrogens is 1. The fraction of sp³-hybridized carbons (Fsp3) is 0.559. The SMILES string of the molecule is Cc1cc(O[C@@H]2C[C@H]3C(=O)N[C@]4(C(=O)O)C[C@@H]4/C=C\CCCC[C@H](NC(=O)OC4CCCC4)CC(=O)N3C2)c2cccc(Br)c2n1. The summed E-state index contributed by atoms with van der Waals surface area (Å²) in [6, 6.07) is 6.14. The van der Waals surface area contributed by atoms with Crippen LogP contribution in [0.4, 0.5) is 4.79 Å². The van der Waals surface area contributed by atoms with Crippen LogP contribution in [0.2, 0.25) is 0 Å². The van der Waals surface area contributed by atoms with Gasteiger partial charge >= 0.3 is 12.1 Å². The molecular weight excluding hydrogens is 656 g/mol. The van der Waals surface area contributed by atoms with Crippen LogP contribution in [0.15, 0.2) is 40.9 Å². The van der Waals surface area contributed by atoms with Crippen molar-refractivity contribution in [3.8, 4) is 5.75 Å². The molecule has 246 valence electrons. The average molecular weight is 698 g/mol. The predicted octanol–water partition coefficient (Wildman–Crippen LogP) is 5.17. The van der Waals surface area contributed by atoms with Gasteiger partial charge < -0.3 is 30.1 Å². The first-order valence-corrected chi connectivity index (χ1v) is 17.1. The van der Waals surface area contributed by atoms with E-state index in [0.717, 1.165) is 66.0 Å². The van der Waals surface area contributed by atoms with Crippen LogP contribution < -0.4 is 15.4 Å². The summed E-state index contributed by atoms with van der Waals surface area (Å²) in [5.41, 5.74) is 0.111. The molecule has 3 N–H and O–H groups in total. The molecule has 2 saturated carbocycles. The standard InChI is InChI=1S/C34H41BrN4O7/c1-20-15-28(25-13-8-14-26(35)30(25)36-20)45-24-17-27-31(41)38-34(32(42)43)18-21(34)9-4-2-3-5-10-22(16-29(40)39(27)19-24)37-33(44)46-23-11-6-7-12-23/h4,8-9,13-15,21-24,27H,2-3,5-7,10-12,16-19H2,1H3,(H,37,44)(H,38,41)(H,42,43)/b9-4-/t21-,22-,24+,27-,34+/m0/s1. The van der Waals surface area contributed by atoms with E-state index >= 15 is 0 Å². The molecule has 11 nitrogen and oxygen atoms in total. The second kappa shape index (κ2) is 13.6. The van der Waals surface area contributed by atoms with Gasteiger partial charge in [-0.25, -0.2) is 9.59 Å². The van der Waals surface area contributed by atoms with Crippen LogP contribution in [0.1, 0.15) is 76.3 Å². The van der Waals surface area contributed by atoms with Crippen molar-refractivity contribution in [2.75, 3.05) is 6.54 Å². The van der Waals surface area contributed by atoms with Crippen molar-refractivity contribution in [3.63, 3.8) is 0 Å². The third-order valence-electron chi connectivity index (χ3n) is 9.66. The van der Waals surface area contributed by atoms with Crippen LogP contribution in [0.5, 0.6) is 5.75 Å². The lowest BCUT2D eigenvalue weighted by molar-refractivity contribution is -0.145. The molecule has 4 aliphatic rings. The molecule has 46 heavy (non-hydrogen) atoms. The minimum Gasteiger partial charge on any atom is -0.488 e. The molecule has 12 heteroatoms. The number of hydrogen-bond acceptors (Lipinski definition) is 7. The molecule has 3 amide bonds. The van der Waals surface area contributed by atoms with Gasteiger partial charge in [-0.3, -0.25) is 14.6 Å². The zero-order valence-corrected chi connectivity index (χ0v) is 27.6. The molecule has 5 atom stereocenters. The number of pyridine rings is 1. The number of para-hydroxylation sites is 1. The fourth-order valence-corrected chi connectivity index (χ4v) is 7.53. The Hall–Kier alpha value is -3.67. The lowest BCUT2D eigenvalue weighted by atomic mass is 10.0. The van der Waals surface area contributed by atoms with Crippen LogP contribution in [-0.4, -0.2) is 75.2 Å². The number of amides is 3. The molecule has 1 saturated heterocycles. The van der Waals surface area contributed by atoms with Crippen molar-refractivity contribution >= 4 is 50.7 Å². The minimum absolute atomic E-state index is 0.0109. The average Bonchev–Trinajstić information content (AvgIpc) is 3.30. The predicted molar refractivity (Wildman–Crippen MR) is 173 cm³/mol. The van der Waals surface area contributed by atoms with Crippen molar-refractivity contribution < 1.29 is 33.8 Å². The molecule has 0 spiro atoms. The number of carboxylic acid groups (broad SMARTS) is 1. The Morgan fingerprint density at radius 2 is 1.91 bits per heavy atom. The number of carboxylic acids is 1. The summed E-state index contributed by atoms with van der Waals surface area (Å²) in [4.78, 5) is 59.1.